The van der Waals surface area contributed by atoms with Gasteiger partial charge in [-0.2, -0.15) is 0 Å². The van der Waals surface area contributed by atoms with Crippen LogP contribution in [0.15, 0.2) is 55.1 Å². The molecule has 6 nitrogen and oxygen atoms in total. The van der Waals surface area contributed by atoms with E-state index in [1.54, 1.807) is 13.2 Å². The molecule has 0 aromatic heterocycles. The summed E-state index contributed by atoms with van der Waals surface area (Å²) in [6.07, 6.45) is 1.73. The maximum Gasteiger partial charge on any atom is 0.231 e. The molecule has 0 spiro atoms. The summed E-state index contributed by atoms with van der Waals surface area (Å²) >= 11 is 5.66. The first-order valence-electron chi connectivity index (χ1n) is 8.98. The van der Waals surface area contributed by atoms with Gasteiger partial charge >= 0.3 is 0 Å². The average Bonchev–Trinajstić information content (AvgIpc) is 3.19. The van der Waals surface area contributed by atoms with Crippen LogP contribution in [0.2, 0.25) is 0 Å². The third-order valence-corrected chi connectivity index (χ3v) is 4.52. The van der Waals surface area contributed by atoms with Crippen LogP contribution in [-0.4, -0.2) is 38.8 Å². The van der Waals surface area contributed by atoms with Crippen molar-refractivity contribution < 1.29 is 18.9 Å². The normalized spacial score (nSPS) is 11.8. The minimum atomic E-state index is 0.230. The molecule has 1 aliphatic heterocycles. The van der Waals surface area contributed by atoms with Crippen molar-refractivity contribution in [3.63, 3.8) is 0 Å². The summed E-state index contributed by atoms with van der Waals surface area (Å²) < 4.78 is 21.9. The van der Waals surface area contributed by atoms with Crippen molar-refractivity contribution in [2.45, 2.75) is 6.54 Å². The minimum absolute atomic E-state index is 0.230. The minimum Gasteiger partial charge on any atom is -0.489 e. The number of hydrogen-bond acceptors (Lipinski definition) is 5. The van der Waals surface area contributed by atoms with E-state index in [1.807, 2.05) is 47.4 Å². The first kappa shape index (κ1) is 20.0. The second-order valence-electron chi connectivity index (χ2n) is 6.06. The number of nitrogens with zero attached hydrogens (tertiary/aromatic N) is 1. The van der Waals surface area contributed by atoms with Crippen LogP contribution in [0.25, 0.3) is 0 Å². The maximum atomic E-state index is 5.80. The van der Waals surface area contributed by atoms with Gasteiger partial charge in [0.25, 0.3) is 0 Å². The number of methoxy groups -OCH3 is 1. The SMILES string of the molecule is C=CCOc1ccccc1CN(C(=S)NCCOC)c1ccc2c(c1)OCO2. The Labute approximate surface area is 170 Å². The number of fused-ring (bicyclic) bond motifs is 1. The third kappa shape index (κ3) is 4.94. The van der Waals surface area contributed by atoms with Gasteiger partial charge < -0.3 is 29.2 Å². The van der Waals surface area contributed by atoms with Crippen molar-refractivity contribution in [1.82, 2.24) is 5.32 Å². The maximum absolute atomic E-state index is 5.80. The van der Waals surface area contributed by atoms with Crippen LogP contribution in [-0.2, 0) is 11.3 Å². The van der Waals surface area contributed by atoms with Gasteiger partial charge in [0.05, 0.1) is 13.2 Å². The highest BCUT2D eigenvalue weighted by Gasteiger charge is 2.19. The molecule has 0 bridgehead atoms. The molecular formula is C21H24N2O4S. The summed E-state index contributed by atoms with van der Waals surface area (Å²) in [6.45, 7) is 6.10. The van der Waals surface area contributed by atoms with E-state index in [1.165, 1.54) is 0 Å². The van der Waals surface area contributed by atoms with Gasteiger partial charge in [-0.05, 0) is 30.4 Å². The Morgan fingerprint density at radius 3 is 2.89 bits per heavy atom. The topological polar surface area (TPSA) is 52.2 Å². The molecule has 0 atom stereocenters. The van der Waals surface area contributed by atoms with Crippen molar-refractivity contribution >= 4 is 23.0 Å². The molecule has 0 aliphatic carbocycles. The number of anilines is 1. The standard InChI is InChI=1S/C21H24N2O4S/c1-3-11-25-18-7-5-4-6-16(18)14-23(21(28)22-10-12-24-2)17-8-9-19-20(13-17)27-15-26-19/h3-9,13H,1,10-12,14-15H2,2H3,(H,22,28). The van der Waals surface area contributed by atoms with E-state index in [9.17, 15) is 0 Å². The fraction of sp³-hybridized carbons (Fsp3) is 0.286. The summed E-state index contributed by atoms with van der Waals surface area (Å²) in [6, 6.07) is 13.7. The molecule has 0 saturated carbocycles. The Balaban J connectivity index is 1.86. The first-order valence-corrected chi connectivity index (χ1v) is 9.39. The Hall–Kier alpha value is -2.77. The Morgan fingerprint density at radius 1 is 1.25 bits per heavy atom. The van der Waals surface area contributed by atoms with Gasteiger partial charge in [0, 0.05) is 31.0 Å². The lowest BCUT2D eigenvalue weighted by Crippen LogP contribution is -2.40. The number of rotatable bonds is 9. The van der Waals surface area contributed by atoms with E-state index in [4.69, 9.17) is 31.2 Å². The van der Waals surface area contributed by atoms with Crippen LogP contribution in [0.3, 0.4) is 0 Å². The lowest BCUT2D eigenvalue weighted by atomic mass is 10.1. The zero-order valence-electron chi connectivity index (χ0n) is 15.8. The number of hydrogen-bond donors (Lipinski definition) is 1. The Kier molecular flexibility index (Phi) is 7.11. The van der Waals surface area contributed by atoms with Crippen LogP contribution in [0, 0.1) is 0 Å². The third-order valence-electron chi connectivity index (χ3n) is 4.15. The summed E-state index contributed by atoms with van der Waals surface area (Å²) in [5, 5.41) is 3.83. The van der Waals surface area contributed by atoms with Gasteiger partial charge in [0.15, 0.2) is 16.6 Å². The van der Waals surface area contributed by atoms with Gasteiger partial charge in [-0.15, -0.1) is 0 Å². The monoisotopic (exact) mass is 400 g/mol. The molecule has 0 saturated heterocycles. The quantitative estimate of drug-likeness (QED) is 0.393. The van der Waals surface area contributed by atoms with Crippen LogP contribution >= 0.6 is 12.2 Å². The number of benzene rings is 2. The molecule has 0 fully saturated rings. The van der Waals surface area contributed by atoms with Gasteiger partial charge in [-0.3, -0.25) is 0 Å². The molecular weight excluding hydrogens is 376 g/mol. The molecule has 0 amide bonds. The molecule has 2 aromatic rings. The van der Waals surface area contributed by atoms with Gasteiger partial charge in [-0.25, -0.2) is 0 Å². The van der Waals surface area contributed by atoms with Gasteiger partial charge in [0.1, 0.15) is 12.4 Å². The summed E-state index contributed by atoms with van der Waals surface area (Å²) in [5.41, 5.74) is 1.91. The van der Waals surface area contributed by atoms with Crippen LogP contribution < -0.4 is 24.4 Å². The van der Waals surface area contributed by atoms with E-state index < -0.39 is 0 Å². The first-order chi connectivity index (χ1) is 13.7. The number of ether oxygens (including phenoxy) is 4. The van der Waals surface area contributed by atoms with Gasteiger partial charge in [-0.1, -0.05) is 30.9 Å². The van der Waals surface area contributed by atoms with Crippen LogP contribution in [0.1, 0.15) is 5.56 Å². The fourth-order valence-corrected chi connectivity index (χ4v) is 3.06. The van der Waals surface area contributed by atoms with Crippen molar-refractivity contribution in [1.29, 1.82) is 0 Å². The number of thiocarbonyl (C=S) groups is 1. The van der Waals surface area contributed by atoms with Crippen LogP contribution in [0.5, 0.6) is 17.2 Å². The second kappa shape index (κ2) is 9.96. The smallest absolute Gasteiger partial charge is 0.231 e. The second-order valence-corrected chi connectivity index (χ2v) is 6.44. The molecule has 1 N–H and O–H groups in total. The lowest BCUT2D eigenvalue weighted by molar-refractivity contribution is 0.174. The Bertz CT molecular complexity index is 828. The lowest BCUT2D eigenvalue weighted by Gasteiger charge is -2.27. The number of para-hydroxylation sites is 1. The average molecular weight is 401 g/mol. The predicted octanol–water partition coefficient (Wildman–Crippen LogP) is 3.51. The molecule has 7 heteroatoms. The summed E-state index contributed by atoms with van der Waals surface area (Å²) in [7, 11) is 1.66. The molecule has 3 rings (SSSR count). The van der Waals surface area contributed by atoms with Crippen molar-refractivity contribution in [2.24, 2.45) is 0 Å². The fourth-order valence-electron chi connectivity index (χ4n) is 2.78. The van der Waals surface area contributed by atoms with Crippen molar-refractivity contribution in [3.8, 4) is 17.2 Å². The highest BCUT2D eigenvalue weighted by molar-refractivity contribution is 7.80. The summed E-state index contributed by atoms with van der Waals surface area (Å²) in [4.78, 5) is 2.00. The Morgan fingerprint density at radius 2 is 2.07 bits per heavy atom. The molecule has 28 heavy (non-hydrogen) atoms. The van der Waals surface area contributed by atoms with Crippen molar-refractivity contribution in [2.75, 3.05) is 38.6 Å². The zero-order chi connectivity index (χ0) is 19.8. The highest BCUT2D eigenvalue weighted by atomic mass is 32.1. The largest absolute Gasteiger partial charge is 0.489 e. The highest BCUT2D eigenvalue weighted by Crippen LogP contribution is 2.36. The molecule has 0 radical (unpaired) electrons. The molecule has 1 heterocycles. The van der Waals surface area contributed by atoms with E-state index >= 15 is 0 Å². The van der Waals surface area contributed by atoms with E-state index in [0.717, 1.165) is 22.7 Å². The predicted molar refractivity (Wildman–Crippen MR) is 113 cm³/mol. The van der Waals surface area contributed by atoms with Crippen molar-refractivity contribution in [3.05, 3.63) is 60.7 Å². The van der Waals surface area contributed by atoms with Crippen LogP contribution in [0.4, 0.5) is 5.69 Å². The zero-order valence-corrected chi connectivity index (χ0v) is 16.7. The van der Waals surface area contributed by atoms with E-state index in [0.29, 0.717) is 37.2 Å². The summed E-state index contributed by atoms with van der Waals surface area (Å²) in [5.74, 6) is 2.24. The molecule has 2 aromatic carbocycles. The van der Waals surface area contributed by atoms with Gasteiger partial charge in [0.2, 0.25) is 6.79 Å². The van der Waals surface area contributed by atoms with E-state index in [2.05, 4.69) is 11.9 Å². The molecule has 148 valence electrons. The molecule has 0 unspecified atom stereocenters. The molecule has 1 aliphatic rings. The van der Waals surface area contributed by atoms with E-state index in [-0.39, 0.29) is 6.79 Å². The number of nitrogens with one attached hydrogen (secondary N) is 1.